The maximum atomic E-state index is 12.7. The van der Waals surface area contributed by atoms with E-state index in [4.69, 9.17) is 27.9 Å². The largest absolute Gasteiger partial charge is 0.481 e. The number of hydrogen-bond acceptors (Lipinski definition) is 5. The number of anilines is 1. The van der Waals surface area contributed by atoms with Crippen molar-refractivity contribution in [3.8, 4) is 21.6 Å². The number of aliphatic carboxylic acids is 1. The van der Waals surface area contributed by atoms with Crippen molar-refractivity contribution in [2.45, 2.75) is 38.2 Å². The number of benzene rings is 3. The van der Waals surface area contributed by atoms with Gasteiger partial charge in [-0.1, -0.05) is 77.8 Å². The van der Waals surface area contributed by atoms with Crippen LogP contribution in [0.3, 0.4) is 0 Å². The molecule has 1 aliphatic carbocycles. The van der Waals surface area contributed by atoms with Gasteiger partial charge in [0.2, 0.25) is 0 Å². The molecule has 0 spiro atoms. The molecule has 5 rings (SSSR count). The van der Waals surface area contributed by atoms with E-state index in [1.54, 1.807) is 13.0 Å². The molecule has 194 valence electrons. The standard InChI is InChI=1S/C29H24Cl2N2O4S/c1-16-25(32-28(36)37-17(2)21-5-3-4-6-23(21)30)26(38-33-16)19-9-7-18(8-10-19)20-11-12-22(24(31)15-20)29(13-14-29)27(34)35/h3-12,15,17H,13-14H2,1-2H3,(H,32,36)(H,34,35)/t17-/m1/s1. The van der Waals surface area contributed by atoms with Gasteiger partial charge < -0.3 is 9.84 Å². The summed E-state index contributed by atoms with van der Waals surface area (Å²) in [6, 6.07) is 20.6. The van der Waals surface area contributed by atoms with Crippen LogP contribution >= 0.6 is 34.7 Å². The van der Waals surface area contributed by atoms with Crippen LogP contribution in [0.4, 0.5) is 10.5 Å². The van der Waals surface area contributed by atoms with E-state index >= 15 is 0 Å². The Morgan fingerprint density at radius 2 is 1.66 bits per heavy atom. The number of nitrogens with zero attached hydrogens (tertiary/aromatic N) is 1. The number of amides is 1. The smallest absolute Gasteiger partial charge is 0.412 e. The zero-order valence-electron chi connectivity index (χ0n) is 20.6. The van der Waals surface area contributed by atoms with Crippen LogP contribution in [0.2, 0.25) is 10.0 Å². The van der Waals surface area contributed by atoms with Crippen molar-refractivity contribution in [2.24, 2.45) is 0 Å². The Kier molecular flexibility index (Phi) is 7.18. The van der Waals surface area contributed by atoms with Gasteiger partial charge in [0.25, 0.3) is 0 Å². The Morgan fingerprint density at radius 3 is 2.29 bits per heavy atom. The monoisotopic (exact) mass is 566 g/mol. The van der Waals surface area contributed by atoms with E-state index in [0.29, 0.717) is 39.8 Å². The first-order valence-electron chi connectivity index (χ1n) is 12.0. The summed E-state index contributed by atoms with van der Waals surface area (Å²) in [7, 11) is 0. The molecule has 0 bridgehead atoms. The number of hydrogen-bond donors (Lipinski definition) is 2. The number of carboxylic acids is 1. The van der Waals surface area contributed by atoms with E-state index in [0.717, 1.165) is 27.1 Å². The number of aryl methyl sites for hydroxylation is 1. The average molecular weight is 567 g/mol. The number of carbonyl (C=O) groups is 2. The Bertz CT molecular complexity index is 1530. The molecule has 6 nitrogen and oxygen atoms in total. The summed E-state index contributed by atoms with van der Waals surface area (Å²) in [4.78, 5) is 25.2. The third-order valence-electron chi connectivity index (χ3n) is 6.84. The minimum atomic E-state index is -0.848. The van der Waals surface area contributed by atoms with Gasteiger partial charge in [0.1, 0.15) is 6.10 Å². The van der Waals surface area contributed by atoms with Gasteiger partial charge in [0.05, 0.1) is 21.7 Å². The number of halogens is 2. The number of ether oxygens (including phenoxy) is 1. The fourth-order valence-corrected chi connectivity index (χ4v) is 6.00. The van der Waals surface area contributed by atoms with Crippen molar-refractivity contribution in [1.29, 1.82) is 0 Å². The van der Waals surface area contributed by atoms with Crippen molar-refractivity contribution in [1.82, 2.24) is 4.37 Å². The summed E-state index contributed by atoms with van der Waals surface area (Å²) in [6.45, 7) is 3.60. The topological polar surface area (TPSA) is 88.5 Å². The van der Waals surface area contributed by atoms with Gasteiger partial charge in [-0.3, -0.25) is 10.1 Å². The normalized spacial score (nSPS) is 14.5. The highest BCUT2D eigenvalue weighted by atomic mass is 35.5. The number of rotatable bonds is 7. The quantitative estimate of drug-likeness (QED) is 0.234. The zero-order valence-corrected chi connectivity index (χ0v) is 23.0. The minimum Gasteiger partial charge on any atom is -0.481 e. The predicted molar refractivity (Wildman–Crippen MR) is 151 cm³/mol. The molecule has 0 radical (unpaired) electrons. The van der Waals surface area contributed by atoms with Gasteiger partial charge in [-0.15, -0.1) is 0 Å². The lowest BCUT2D eigenvalue weighted by Crippen LogP contribution is -2.19. The number of nitrogens with one attached hydrogen (secondary N) is 1. The SMILES string of the molecule is Cc1nsc(-c2ccc(-c3ccc(C4(C(=O)O)CC4)c(Cl)c3)cc2)c1NC(=O)O[C@H](C)c1ccccc1Cl. The van der Waals surface area contributed by atoms with E-state index in [-0.39, 0.29) is 0 Å². The van der Waals surface area contributed by atoms with Crippen molar-refractivity contribution < 1.29 is 19.4 Å². The van der Waals surface area contributed by atoms with Crippen LogP contribution in [0.5, 0.6) is 0 Å². The van der Waals surface area contributed by atoms with Crippen molar-refractivity contribution in [3.05, 3.63) is 93.6 Å². The van der Waals surface area contributed by atoms with E-state index in [2.05, 4.69) is 9.69 Å². The minimum absolute atomic E-state index is 0.459. The average Bonchev–Trinajstić information content (AvgIpc) is 3.63. The van der Waals surface area contributed by atoms with Crippen LogP contribution in [0.25, 0.3) is 21.6 Å². The lowest BCUT2D eigenvalue weighted by atomic mass is 9.93. The molecule has 38 heavy (non-hydrogen) atoms. The van der Waals surface area contributed by atoms with Crippen LogP contribution in [0.15, 0.2) is 66.7 Å². The highest BCUT2D eigenvalue weighted by molar-refractivity contribution is 7.10. The molecular formula is C29H24Cl2N2O4S. The highest BCUT2D eigenvalue weighted by Gasteiger charge is 2.52. The van der Waals surface area contributed by atoms with Gasteiger partial charge in [0, 0.05) is 15.6 Å². The van der Waals surface area contributed by atoms with Crippen LogP contribution in [-0.4, -0.2) is 21.5 Å². The first-order valence-corrected chi connectivity index (χ1v) is 13.5. The summed E-state index contributed by atoms with van der Waals surface area (Å²) in [5.41, 5.74) is 4.54. The second-order valence-corrected chi connectivity index (χ2v) is 10.9. The third-order valence-corrected chi connectivity index (χ3v) is 8.49. The number of carbonyl (C=O) groups excluding carboxylic acids is 1. The molecule has 0 unspecified atom stereocenters. The maximum Gasteiger partial charge on any atom is 0.412 e. The molecule has 1 aromatic heterocycles. The highest BCUT2D eigenvalue weighted by Crippen LogP contribution is 2.51. The summed E-state index contributed by atoms with van der Waals surface area (Å²) < 4.78 is 10.00. The Labute approximate surface area is 234 Å². The summed E-state index contributed by atoms with van der Waals surface area (Å²) >= 11 is 14.0. The lowest BCUT2D eigenvalue weighted by Gasteiger charge is -2.16. The Morgan fingerprint density at radius 1 is 1.00 bits per heavy atom. The Balaban J connectivity index is 1.33. The van der Waals surface area contributed by atoms with Crippen molar-refractivity contribution in [3.63, 3.8) is 0 Å². The molecule has 1 atom stereocenters. The maximum absolute atomic E-state index is 12.7. The summed E-state index contributed by atoms with van der Waals surface area (Å²) in [5.74, 6) is -0.831. The van der Waals surface area contributed by atoms with Gasteiger partial charge in [-0.05, 0) is 72.6 Å². The molecular weight excluding hydrogens is 543 g/mol. The van der Waals surface area contributed by atoms with E-state index < -0.39 is 23.6 Å². The summed E-state index contributed by atoms with van der Waals surface area (Å²) in [5, 5.41) is 13.4. The van der Waals surface area contributed by atoms with Gasteiger partial charge >= 0.3 is 12.1 Å². The molecule has 3 aromatic carbocycles. The van der Waals surface area contributed by atoms with Gasteiger partial charge in [0.15, 0.2) is 0 Å². The lowest BCUT2D eigenvalue weighted by molar-refractivity contribution is -0.140. The van der Waals surface area contributed by atoms with Crippen LogP contribution in [0.1, 0.15) is 42.7 Å². The molecule has 1 fully saturated rings. The molecule has 1 saturated carbocycles. The fourth-order valence-electron chi connectivity index (χ4n) is 4.49. The molecule has 9 heteroatoms. The molecule has 1 heterocycles. The fraction of sp³-hybridized carbons (Fsp3) is 0.207. The van der Waals surface area contributed by atoms with E-state index in [1.807, 2.05) is 67.6 Å². The second kappa shape index (κ2) is 10.4. The van der Waals surface area contributed by atoms with Crippen molar-refractivity contribution >= 4 is 52.5 Å². The third kappa shape index (κ3) is 5.01. The second-order valence-electron chi connectivity index (χ2n) is 9.33. The van der Waals surface area contributed by atoms with Crippen LogP contribution in [0, 0.1) is 6.92 Å². The van der Waals surface area contributed by atoms with Crippen molar-refractivity contribution in [2.75, 3.05) is 5.32 Å². The predicted octanol–water partition coefficient (Wildman–Crippen LogP) is 8.52. The van der Waals surface area contributed by atoms with E-state index in [1.165, 1.54) is 11.5 Å². The zero-order chi connectivity index (χ0) is 27.0. The molecule has 4 aromatic rings. The molecule has 0 saturated heterocycles. The molecule has 1 aliphatic rings. The van der Waals surface area contributed by atoms with Gasteiger partial charge in [-0.25, -0.2) is 4.79 Å². The van der Waals surface area contributed by atoms with Crippen LogP contribution in [-0.2, 0) is 14.9 Å². The van der Waals surface area contributed by atoms with Gasteiger partial charge in [-0.2, -0.15) is 4.37 Å². The first-order chi connectivity index (χ1) is 18.2. The van der Waals surface area contributed by atoms with E-state index in [9.17, 15) is 14.7 Å². The van der Waals surface area contributed by atoms with Crippen LogP contribution < -0.4 is 5.32 Å². The summed E-state index contributed by atoms with van der Waals surface area (Å²) in [6.07, 6.45) is 0.0883. The number of carboxylic acid groups (broad SMARTS) is 1. The molecule has 2 N–H and O–H groups in total. The first kappa shape index (κ1) is 26.2. The number of aromatic nitrogens is 1. The molecule has 1 amide bonds. The molecule has 0 aliphatic heterocycles. The Hall–Kier alpha value is -3.39.